The molecular weight excluding hydrogens is 254 g/mol. The number of aryl methyl sites for hydroxylation is 1. The smallest absolute Gasteiger partial charge is 0.260 e. The maximum Gasteiger partial charge on any atom is 0.260 e. The van der Waals surface area contributed by atoms with Crippen molar-refractivity contribution in [2.75, 3.05) is 13.2 Å². The van der Waals surface area contributed by atoms with E-state index in [-0.39, 0.29) is 12.0 Å². The molecule has 4 nitrogen and oxygen atoms in total. The lowest BCUT2D eigenvalue weighted by atomic mass is 10.1. The molecule has 1 aliphatic heterocycles. The van der Waals surface area contributed by atoms with Gasteiger partial charge >= 0.3 is 0 Å². The third-order valence-corrected chi connectivity index (χ3v) is 3.76. The van der Waals surface area contributed by atoms with Crippen molar-refractivity contribution < 1.29 is 14.3 Å². The number of hydrogen-bond donors (Lipinski definition) is 1. The highest BCUT2D eigenvalue weighted by Crippen LogP contribution is 2.21. The zero-order valence-corrected chi connectivity index (χ0v) is 12.4. The number of benzene rings is 1. The average molecular weight is 277 g/mol. The average Bonchev–Trinajstić information content (AvgIpc) is 2.94. The largest absolute Gasteiger partial charge is 0.481 e. The number of nitrogens with one attached hydrogen (secondary N) is 1. The first-order chi connectivity index (χ1) is 9.58. The Hall–Kier alpha value is -1.55. The van der Waals surface area contributed by atoms with Gasteiger partial charge in [0.2, 0.25) is 0 Å². The van der Waals surface area contributed by atoms with Crippen molar-refractivity contribution in [3.8, 4) is 5.75 Å². The molecule has 1 aromatic rings. The van der Waals surface area contributed by atoms with Gasteiger partial charge in [-0.05, 0) is 50.8 Å². The molecule has 4 heteroatoms. The minimum Gasteiger partial charge on any atom is -0.481 e. The number of ether oxygens (including phenoxy) is 2. The van der Waals surface area contributed by atoms with Crippen LogP contribution >= 0.6 is 0 Å². The Kier molecular flexibility index (Phi) is 5.01. The first-order valence-electron chi connectivity index (χ1n) is 7.20. The number of carbonyl (C=O) groups is 1. The second-order valence-corrected chi connectivity index (χ2v) is 5.34. The molecule has 0 bridgehead atoms. The first kappa shape index (κ1) is 14.9. The van der Waals surface area contributed by atoms with Gasteiger partial charge in [-0.1, -0.05) is 12.1 Å². The third-order valence-electron chi connectivity index (χ3n) is 3.76. The van der Waals surface area contributed by atoms with Crippen molar-refractivity contribution in [3.05, 3.63) is 29.3 Å². The van der Waals surface area contributed by atoms with Crippen molar-refractivity contribution in [2.45, 2.75) is 45.8 Å². The summed E-state index contributed by atoms with van der Waals surface area (Å²) in [6.07, 6.45) is 1.76. The molecule has 20 heavy (non-hydrogen) atoms. The van der Waals surface area contributed by atoms with E-state index in [0.29, 0.717) is 6.54 Å². The van der Waals surface area contributed by atoms with Gasteiger partial charge in [-0.3, -0.25) is 4.79 Å². The van der Waals surface area contributed by atoms with Crippen molar-refractivity contribution in [1.29, 1.82) is 0 Å². The fraction of sp³-hybridized carbons (Fsp3) is 0.562. The lowest BCUT2D eigenvalue weighted by Gasteiger charge is -2.18. The van der Waals surface area contributed by atoms with Crippen LogP contribution in [0.2, 0.25) is 0 Å². The summed E-state index contributed by atoms with van der Waals surface area (Å²) < 4.78 is 11.2. The molecule has 0 radical (unpaired) electrons. The molecule has 110 valence electrons. The molecule has 1 saturated heterocycles. The molecular formula is C16H23NO3. The molecule has 1 heterocycles. The standard InChI is InChI=1S/C16H23NO3/c1-11-6-4-8-15(12(11)2)20-13(3)16(18)17-10-14-7-5-9-19-14/h4,6,8,13-14H,5,7,9-10H2,1-3H3,(H,17,18)/t13-,14+/m1/s1. The molecule has 0 saturated carbocycles. The molecule has 0 aliphatic carbocycles. The number of hydrogen-bond acceptors (Lipinski definition) is 3. The molecule has 1 aliphatic rings. The van der Waals surface area contributed by atoms with Crippen LogP contribution in [0.1, 0.15) is 30.9 Å². The van der Waals surface area contributed by atoms with Crippen molar-refractivity contribution in [1.82, 2.24) is 5.32 Å². The van der Waals surface area contributed by atoms with Gasteiger partial charge in [0.05, 0.1) is 6.10 Å². The van der Waals surface area contributed by atoms with Crippen LogP contribution in [0.5, 0.6) is 5.75 Å². The van der Waals surface area contributed by atoms with E-state index >= 15 is 0 Å². The van der Waals surface area contributed by atoms with Crippen LogP contribution in [0.25, 0.3) is 0 Å². The Bertz CT molecular complexity index is 467. The van der Waals surface area contributed by atoms with Gasteiger partial charge in [0.15, 0.2) is 6.10 Å². The molecule has 2 rings (SSSR count). The maximum atomic E-state index is 12.0. The maximum absolute atomic E-state index is 12.0. The second-order valence-electron chi connectivity index (χ2n) is 5.34. The molecule has 0 spiro atoms. The Morgan fingerprint density at radius 2 is 2.30 bits per heavy atom. The highest BCUT2D eigenvalue weighted by molar-refractivity contribution is 5.80. The summed E-state index contributed by atoms with van der Waals surface area (Å²) in [6, 6.07) is 5.87. The van der Waals surface area contributed by atoms with Crippen molar-refractivity contribution in [2.24, 2.45) is 0 Å². The van der Waals surface area contributed by atoms with E-state index in [1.807, 2.05) is 32.0 Å². The number of rotatable bonds is 5. The summed E-state index contributed by atoms with van der Waals surface area (Å²) >= 11 is 0. The predicted octanol–water partition coefficient (Wildman–Crippen LogP) is 2.37. The normalized spacial score (nSPS) is 19.6. The van der Waals surface area contributed by atoms with Gasteiger partial charge < -0.3 is 14.8 Å². The van der Waals surface area contributed by atoms with Crippen LogP contribution in [-0.4, -0.2) is 31.3 Å². The van der Waals surface area contributed by atoms with Crippen molar-refractivity contribution >= 4 is 5.91 Å². The zero-order chi connectivity index (χ0) is 14.5. The van der Waals surface area contributed by atoms with Gasteiger partial charge in [-0.25, -0.2) is 0 Å². The zero-order valence-electron chi connectivity index (χ0n) is 12.4. The quantitative estimate of drug-likeness (QED) is 0.899. The second kappa shape index (κ2) is 6.75. The van der Waals surface area contributed by atoms with Gasteiger partial charge in [-0.2, -0.15) is 0 Å². The van der Waals surface area contributed by atoms with E-state index in [9.17, 15) is 4.79 Å². The van der Waals surface area contributed by atoms with Gasteiger partial charge in [-0.15, -0.1) is 0 Å². The number of amides is 1. The Labute approximate surface area is 120 Å². The van der Waals surface area contributed by atoms with Crippen LogP contribution in [-0.2, 0) is 9.53 Å². The van der Waals surface area contributed by atoms with E-state index in [2.05, 4.69) is 5.32 Å². The summed E-state index contributed by atoms with van der Waals surface area (Å²) in [4.78, 5) is 12.0. The van der Waals surface area contributed by atoms with Crippen LogP contribution in [0.4, 0.5) is 0 Å². The van der Waals surface area contributed by atoms with E-state index in [4.69, 9.17) is 9.47 Å². The van der Waals surface area contributed by atoms with Crippen LogP contribution < -0.4 is 10.1 Å². The fourth-order valence-corrected chi connectivity index (χ4v) is 2.26. The molecule has 1 amide bonds. The molecule has 0 unspecified atom stereocenters. The van der Waals surface area contributed by atoms with E-state index < -0.39 is 6.10 Å². The summed E-state index contributed by atoms with van der Waals surface area (Å²) in [6.45, 7) is 7.17. The van der Waals surface area contributed by atoms with Crippen LogP contribution in [0.3, 0.4) is 0 Å². The first-order valence-corrected chi connectivity index (χ1v) is 7.20. The number of carbonyl (C=O) groups excluding carboxylic acids is 1. The topological polar surface area (TPSA) is 47.6 Å². The highest BCUT2D eigenvalue weighted by atomic mass is 16.5. The molecule has 1 N–H and O–H groups in total. The monoisotopic (exact) mass is 277 g/mol. The Morgan fingerprint density at radius 1 is 1.50 bits per heavy atom. The summed E-state index contributed by atoms with van der Waals surface area (Å²) in [5.74, 6) is 0.672. The van der Waals surface area contributed by atoms with E-state index in [0.717, 1.165) is 36.3 Å². The SMILES string of the molecule is Cc1cccc(O[C@H](C)C(=O)NC[C@@H]2CCCO2)c1C. The minimum atomic E-state index is -0.503. The van der Waals surface area contributed by atoms with Crippen LogP contribution in [0, 0.1) is 13.8 Å². The molecule has 0 aromatic heterocycles. The van der Waals surface area contributed by atoms with E-state index in [1.54, 1.807) is 6.92 Å². The van der Waals surface area contributed by atoms with Gasteiger partial charge in [0.25, 0.3) is 5.91 Å². The predicted molar refractivity (Wildman–Crippen MR) is 78.0 cm³/mol. The van der Waals surface area contributed by atoms with E-state index in [1.165, 1.54) is 0 Å². The van der Waals surface area contributed by atoms with Gasteiger partial charge in [0.1, 0.15) is 5.75 Å². The Morgan fingerprint density at radius 3 is 3.00 bits per heavy atom. The summed E-state index contributed by atoms with van der Waals surface area (Å²) in [7, 11) is 0. The summed E-state index contributed by atoms with van der Waals surface area (Å²) in [5, 5.41) is 2.89. The molecule has 2 atom stereocenters. The third kappa shape index (κ3) is 3.73. The van der Waals surface area contributed by atoms with Crippen molar-refractivity contribution in [3.63, 3.8) is 0 Å². The lowest BCUT2D eigenvalue weighted by Crippen LogP contribution is -2.40. The fourth-order valence-electron chi connectivity index (χ4n) is 2.26. The highest BCUT2D eigenvalue weighted by Gasteiger charge is 2.20. The minimum absolute atomic E-state index is 0.0959. The molecule has 1 aromatic carbocycles. The Balaban J connectivity index is 1.85. The van der Waals surface area contributed by atoms with Crippen LogP contribution in [0.15, 0.2) is 18.2 Å². The van der Waals surface area contributed by atoms with Gasteiger partial charge in [0, 0.05) is 13.2 Å². The summed E-state index contributed by atoms with van der Waals surface area (Å²) in [5.41, 5.74) is 2.24. The lowest BCUT2D eigenvalue weighted by molar-refractivity contribution is -0.127. The molecule has 1 fully saturated rings.